The topological polar surface area (TPSA) is 26.7 Å². The van der Waals surface area contributed by atoms with Gasteiger partial charge in [-0.3, -0.25) is 9.80 Å². The Balaban J connectivity index is 1.98. The first-order valence-electron chi connectivity index (χ1n) is 6.42. The van der Waals surface area contributed by atoms with Crippen LogP contribution in [0.15, 0.2) is 0 Å². The summed E-state index contributed by atoms with van der Waals surface area (Å²) < 4.78 is 0. The molecule has 3 nitrogen and oxygen atoms in total. The molecule has 0 aromatic carbocycles. The molecule has 2 aliphatic heterocycles. The Labute approximate surface area is 93.1 Å². The van der Waals surface area contributed by atoms with Gasteiger partial charge >= 0.3 is 0 Å². The van der Waals surface area contributed by atoms with Crippen LogP contribution >= 0.6 is 0 Å². The molecule has 0 spiro atoms. The van der Waals surface area contributed by atoms with Crippen LogP contribution in [-0.2, 0) is 0 Å². The molecule has 3 heteroatoms. The summed E-state index contributed by atoms with van der Waals surface area (Å²) >= 11 is 0. The van der Waals surface area contributed by atoms with Crippen LogP contribution in [0, 0.1) is 0 Å². The predicted molar refractivity (Wildman–Crippen MR) is 61.9 cm³/mol. The highest BCUT2D eigenvalue weighted by atomic mass is 16.3. The lowest BCUT2D eigenvalue weighted by Crippen LogP contribution is -2.55. The summed E-state index contributed by atoms with van der Waals surface area (Å²) in [4.78, 5) is 4.98. The van der Waals surface area contributed by atoms with E-state index in [1.807, 2.05) is 0 Å². The maximum absolute atomic E-state index is 10.1. The van der Waals surface area contributed by atoms with E-state index < -0.39 is 0 Å². The molecular weight excluding hydrogens is 188 g/mol. The van der Waals surface area contributed by atoms with Crippen molar-refractivity contribution in [2.24, 2.45) is 0 Å². The second-order valence-corrected chi connectivity index (χ2v) is 4.88. The first-order chi connectivity index (χ1) is 7.26. The van der Waals surface area contributed by atoms with Crippen molar-refractivity contribution in [1.82, 2.24) is 9.80 Å². The number of aliphatic hydroxyl groups excluding tert-OH is 1. The van der Waals surface area contributed by atoms with Gasteiger partial charge in [0.15, 0.2) is 0 Å². The van der Waals surface area contributed by atoms with E-state index in [0.717, 1.165) is 19.5 Å². The van der Waals surface area contributed by atoms with Crippen LogP contribution in [0.5, 0.6) is 0 Å². The molecule has 2 fully saturated rings. The largest absolute Gasteiger partial charge is 0.391 e. The van der Waals surface area contributed by atoms with Crippen LogP contribution in [0.4, 0.5) is 0 Å². The van der Waals surface area contributed by atoms with Crippen molar-refractivity contribution >= 4 is 0 Å². The van der Waals surface area contributed by atoms with Crippen LogP contribution in [0.1, 0.15) is 33.1 Å². The number of hydrogen-bond acceptors (Lipinski definition) is 3. The summed E-state index contributed by atoms with van der Waals surface area (Å²) in [6.45, 7) is 9.00. The van der Waals surface area contributed by atoms with Crippen LogP contribution in [0.2, 0.25) is 0 Å². The molecule has 0 saturated carbocycles. The van der Waals surface area contributed by atoms with E-state index in [0.29, 0.717) is 12.1 Å². The molecule has 2 heterocycles. The second kappa shape index (κ2) is 4.81. The summed E-state index contributed by atoms with van der Waals surface area (Å²) in [5.41, 5.74) is 0. The van der Waals surface area contributed by atoms with Gasteiger partial charge in [0.05, 0.1) is 6.10 Å². The molecule has 2 unspecified atom stereocenters. The van der Waals surface area contributed by atoms with Gasteiger partial charge in [-0.1, -0.05) is 13.8 Å². The van der Waals surface area contributed by atoms with Crippen LogP contribution < -0.4 is 0 Å². The van der Waals surface area contributed by atoms with Gasteiger partial charge in [0.25, 0.3) is 0 Å². The van der Waals surface area contributed by atoms with E-state index in [1.165, 1.54) is 25.9 Å². The number of fused-ring (bicyclic) bond motifs is 1. The Morgan fingerprint density at radius 2 is 2.07 bits per heavy atom. The Kier molecular flexibility index (Phi) is 3.65. The summed E-state index contributed by atoms with van der Waals surface area (Å²) in [6, 6.07) is 1.04. The predicted octanol–water partition coefficient (Wildman–Crippen LogP) is 0.926. The Hall–Kier alpha value is -0.120. The highest BCUT2D eigenvalue weighted by molar-refractivity contribution is 4.94. The third-order valence-corrected chi connectivity index (χ3v) is 4.15. The first-order valence-corrected chi connectivity index (χ1v) is 6.42. The van der Waals surface area contributed by atoms with E-state index in [1.54, 1.807) is 0 Å². The fourth-order valence-electron chi connectivity index (χ4n) is 3.30. The molecule has 0 aliphatic carbocycles. The van der Waals surface area contributed by atoms with Crippen LogP contribution in [0.25, 0.3) is 0 Å². The summed E-state index contributed by atoms with van der Waals surface area (Å²) in [5.74, 6) is 0. The van der Waals surface area contributed by atoms with Crippen molar-refractivity contribution in [2.45, 2.75) is 51.3 Å². The van der Waals surface area contributed by atoms with Gasteiger partial charge in [-0.15, -0.1) is 0 Å². The van der Waals surface area contributed by atoms with Crippen molar-refractivity contribution in [1.29, 1.82) is 0 Å². The molecule has 0 aromatic rings. The quantitative estimate of drug-likeness (QED) is 0.754. The minimum absolute atomic E-state index is 0.0909. The zero-order chi connectivity index (χ0) is 10.8. The van der Waals surface area contributed by atoms with Gasteiger partial charge in [-0.05, 0) is 38.9 Å². The Morgan fingerprint density at radius 3 is 2.73 bits per heavy atom. The van der Waals surface area contributed by atoms with E-state index >= 15 is 0 Å². The van der Waals surface area contributed by atoms with Gasteiger partial charge in [0, 0.05) is 18.6 Å². The standard InChI is InChI=1S/C12H24N2O/c1-3-13(4-2)10-8-12(15)11-6-5-7-14(11)9-10/h10-12,15H,3-9H2,1-2H3/t10?,11?,12-/m0/s1. The summed E-state index contributed by atoms with van der Waals surface area (Å²) in [5, 5.41) is 10.1. The first kappa shape index (κ1) is 11.4. The molecule has 0 bridgehead atoms. The maximum atomic E-state index is 10.1. The number of rotatable bonds is 3. The minimum Gasteiger partial charge on any atom is -0.391 e. The van der Waals surface area contributed by atoms with Crippen LogP contribution in [0.3, 0.4) is 0 Å². The fraction of sp³-hybridized carbons (Fsp3) is 1.00. The molecule has 1 N–H and O–H groups in total. The van der Waals surface area contributed by atoms with E-state index in [4.69, 9.17) is 0 Å². The van der Waals surface area contributed by atoms with E-state index in [9.17, 15) is 5.11 Å². The molecular formula is C12H24N2O. The molecule has 15 heavy (non-hydrogen) atoms. The maximum Gasteiger partial charge on any atom is 0.0710 e. The molecule has 0 amide bonds. The molecule has 0 radical (unpaired) electrons. The highest BCUT2D eigenvalue weighted by Gasteiger charge is 2.38. The summed E-state index contributed by atoms with van der Waals surface area (Å²) in [7, 11) is 0. The number of nitrogens with zero attached hydrogens (tertiary/aromatic N) is 2. The number of piperidine rings is 1. The SMILES string of the molecule is CCN(CC)C1C[C@H](O)C2CCCN2C1. The Bertz CT molecular complexity index is 206. The van der Waals surface area contributed by atoms with Crippen molar-refractivity contribution in [3.05, 3.63) is 0 Å². The molecule has 0 aromatic heterocycles. The van der Waals surface area contributed by atoms with Crippen molar-refractivity contribution in [2.75, 3.05) is 26.2 Å². The van der Waals surface area contributed by atoms with E-state index in [2.05, 4.69) is 23.6 Å². The van der Waals surface area contributed by atoms with Crippen molar-refractivity contribution in [3.63, 3.8) is 0 Å². The van der Waals surface area contributed by atoms with Crippen molar-refractivity contribution < 1.29 is 5.11 Å². The number of likely N-dealkylation sites (N-methyl/N-ethyl adjacent to an activating group) is 1. The van der Waals surface area contributed by atoms with Crippen molar-refractivity contribution in [3.8, 4) is 0 Å². The highest BCUT2D eigenvalue weighted by Crippen LogP contribution is 2.29. The second-order valence-electron chi connectivity index (χ2n) is 4.88. The Morgan fingerprint density at radius 1 is 1.33 bits per heavy atom. The molecule has 2 saturated heterocycles. The van der Waals surface area contributed by atoms with E-state index in [-0.39, 0.29) is 6.10 Å². The lowest BCUT2D eigenvalue weighted by Gasteiger charge is -2.42. The van der Waals surface area contributed by atoms with Gasteiger partial charge in [0.2, 0.25) is 0 Å². The molecule has 2 rings (SSSR count). The average Bonchev–Trinajstić information content (AvgIpc) is 2.68. The molecule has 2 aliphatic rings. The summed E-state index contributed by atoms with van der Waals surface area (Å²) in [6.07, 6.45) is 3.36. The lowest BCUT2D eigenvalue weighted by molar-refractivity contribution is -0.0125. The smallest absolute Gasteiger partial charge is 0.0710 e. The van der Waals surface area contributed by atoms with Crippen LogP contribution in [-0.4, -0.2) is 59.3 Å². The average molecular weight is 212 g/mol. The zero-order valence-electron chi connectivity index (χ0n) is 10.0. The minimum atomic E-state index is -0.0909. The third-order valence-electron chi connectivity index (χ3n) is 4.15. The zero-order valence-corrected chi connectivity index (χ0v) is 10.0. The molecule has 3 atom stereocenters. The van der Waals surface area contributed by atoms with Gasteiger partial charge in [0.1, 0.15) is 0 Å². The molecule has 88 valence electrons. The third kappa shape index (κ3) is 2.19. The monoisotopic (exact) mass is 212 g/mol. The lowest BCUT2D eigenvalue weighted by atomic mass is 9.94. The van der Waals surface area contributed by atoms with Gasteiger partial charge < -0.3 is 5.11 Å². The number of aliphatic hydroxyl groups is 1. The van der Waals surface area contributed by atoms with Gasteiger partial charge in [-0.2, -0.15) is 0 Å². The van der Waals surface area contributed by atoms with Gasteiger partial charge in [-0.25, -0.2) is 0 Å². The number of hydrogen-bond donors (Lipinski definition) is 1. The normalized spacial score (nSPS) is 37.2. The fourth-order valence-corrected chi connectivity index (χ4v) is 3.30.